The number of nitrogens with zero attached hydrogens (tertiary/aromatic N) is 4. The van der Waals surface area contributed by atoms with Crippen LogP contribution in [0.5, 0.6) is 0 Å². The first-order valence-electron chi connectivity index (χ1n) is 10.2. The van der Waals surface area contributed by atoms with Gasteiger partial charge in [0.25, 0.3) is 11.4 Å². The Balaban J connectivity index is 1.67. The van der Waals surface area contributed by atoms with Crippen LogP contribution in [0.25, 0.3) is 21.8 Å². The molecule has 0 bridgehead atoms. The van der Waals surface area contributed by atoms with Crippen molar-refractivity contribution in [2.75, 3.05) is 19.6 Å². The van der Waals surface area contributed by atoms with Crippen molar-refractivity contribution in [3.8, 4) is 0 Å². The zero-order valence-corrected chi connectivity index (χ0v) is 17.1. The van der Waals surface area contributed by atoms with Crippen molar-refractivity contribution in [1.82, 2.24) is 14.8 Å². The van der Waals surface area contributed by atoms with Gasteiger partial charge in [-0.3, -0.25) is 20.2 Å². The van der Waals surface area contributed by atoms with Gasteiger partial charge < -0.3 is 14.8 Å². The van der Waals surface area contributed by atoms with Crippen LogP contribution in [0.4, 0.5) is 11.4 Å². The van der Waals surface area contributed by atoms with Gasteiger partial charge in [0.2, 0.25) is 0 Å². The Morgan fingerprint density at radius 3 is 1.87 bits per heavy atom. The lowest BCUT2D eigenvalue weighted by Gasteiger charge is -2.36. The molecule has 1 aliphatic rings. The standard InChI is InChI=1S/C21H25N5O4/c1-14-12-23(13-15(2)22-14)8-3-9-24-20-6-4-16(25(27)28)10-18(20)19-11-17(26(29)30)5-7-21(19)24/h4-7,10-11,14-15,22H,3,8-9,12-13H2,1-2H3/t14-,15-/m1/s1. The van der Waals surface area contributed by atoms with Crippen molar-refractivity contribution < 1.29 is 9.85 Å². The van der Waals surface area contributed by atoms with Crippen molar-refractivity contribution in [2.24, 2.45) is 0 Å². The Kier molecular flexibility index (Phi) is 5.40. The van der Waals surface area contributed by atoms with Crippen LogP contribution < -0.4 is 5.32 Å². The third-order valence-electron chi connectivity index (χ3n) is 5.74. The second-order valence-corrected chi connectivity index (χ2v) is 8.15. The average Bonchev–Trinajstić information content (AvgIpc) is 3.00. The van der Waals surface area contributed by atoms with E-state index in [0.29, 0.717) is 22.9 Å². The van der Waals surface area contributed by atoms with Gasteiger partial charge in [-0.25, -0.2) is 0 Å². The molecular weight excluding hydrogens is 386 g/mol. The summed E-state index contributed by atoms with van der Waals surface area (Å²) in [5.41, 5.74) is 1.69. The topological polar surface area (TPSA) is 106 Å². The van der Waals surface area contributed by atoms with Crippen LogP contribution in [-0.2, 0) is 6.54 Å². The number of hydrogen-bond acceptors (Lipinski definition) is 6. The van der Waals surface area contributed by atoms with Crippen molar-refractivity contribution in [1.29, 1.82) is 0 Å². The van der Waals surface area contributed by atoms with Gasteiger partial charge >= 0.3 is 0 Å². The van der Waals surface area contributed by atoms with E-state index in [1.54, 1.807) is 12.1 Å². The molecule has 0 amide bonds. The van der Waals surface area contributed by atoms with Crippen LogP contribution in [-0.4, -0.2) is 51.0 Å². The number of nitrogens with one attached hydrogen (secondary N) is 1. The summed E-state index contributed by atoms with van der Waals surface area (Å²) in [6, 6.07) is 10.4. The number of rotatable bonds is 6. The van der Waals surface area contributed by atoms with Gasteiger partial charge in [0.05, 0.1) is 9.85 Å². The van der Waals surface area contributed by atoms with E-state index >= 15 is 0 Å². The van der Waals surface area contributed by atoms with Crippen molar-refractivity contribution in [3.05, 3.63) is 56.6 Å². The Morgan fingerprint density at radius 1 is 0.900 bits per heavy atom. The smallest absolute Gasteiger partial charge is 0.270 e. The second-order valence-electron chi connectivity index (χ2n) is 8.15. The van der Waals surface area contributed by atoms with E-state index in [1.165, 1.54) is 24.3 Å². The van der Waals surface area contributed by atoms with Gasteiger partial charge in [0.1, 0.15) is 0 Å². The summed E-state index contributed by atoms with van der Waals surface area (Å²) in [6.07, 6.45) is 0.923. The lowest BCUT2D eigenvalue weighted by molar-refractivity contribution is -0.385. The van der Waals surface area contributed by atoms with E-state index in [1.807, 2.05) is 0 Å². The summed E-state index contributed by atoms with van der Waals surface area (Å²) in [6.45, 7) is 8.09. The maximum Gasteiger partial charge on any atom is 0.270 e. The summed E-state index contributed by atoms with van der Waals surface area (Å²) in [7, 11) is 0. The molecule has 2 heterocycles. The molecule has 0 radical (unpaired) electrons. The highest BCUT2D eigenvalue weighted by Crippen LogP contribution is 2.34. The van der Waals surface area contributed by atoms with Gasteiger partial charge in [-0.1, -0.05) is 0 Å². The normalized spacial score (nSPS) is 20.1. The summed E-state index contributed by atoms with van der Waals surface area (Å²) in [4.78, 5) is 24.1. The number of nitro benzene ring substituents is 2. The molecule has 4 rings (SSSR count). The first-order chi connectivity index (χ1) is 14.3. The molecule has 1 fully saturated rings. The highest BCUT2D eigenvalue weighted by Gasteiger charge is 2.21. The molecule has 1 aromatic heterocycles. The number of fused-ring (bicyclic) bond motifs is 3. The quantitative estimate of drug-likeness (QED) is 0.490. The Bertz CT molecular complexity index is 1040. The number of benzene rings is 2. The number of nitro groups is 2. The van der Waals surface area contributed by atoms with Gasteiger partial charge in [-0.15, -0.1) is 0 Å². The minimum Gasteiger partial charge on any atom is -0.340 e. The predicted octanol–water partition coefficient (Wildman–Crippen LogP) is 3.68. The summed E-state index contributed by atoms with van der Waals surface area (Å²) >= 11 is 0. The van der Waals surface area contributed by atoms with Gasteiger partial charge in [0.15, 0.2) is 0 Å². The fourth-order valence-electron chi connectivity index (χ4n) is 4.62. The maximum atomic E-state index is 11.2. The van der Waals surface area contributed by atoms with Crippen LogP contribution in [0.1, 0.15) is 20.3 Å². The summed E-state index contributed by atoms with van der Waals surface area (Å²) < 4.78 is 2.12. The van der Waals surface area contributed by atoms with Crippen LogP contribution in [0.15, 0.2) is 36.4 Å². The first-order valence-corrected chi connectivity index (χ1v) is 10.2. The average molecular weight is 411 g/mol. The predicted molar refractivity (Wildman–Crippen MR) is 116 cm³/mol. The molecular formula is C21H25N5O4. The Morgan fingerprint density at radius 2 is 1.40 bits per heavy atom. The van der Waals surface area contributed by atoms with Crippen molar-refractivity contribution in [3.63, 3.8) is 0 Å². The first kappa shape index (κ1) is 20.2. The largest absolute Gasteiger partial charge is 0.340 e. The number of aryl methyl sites for hydroxylation is 1. The molecule has 0 spiro atoms. The molecule has 1 aliphatic heterocycles. The zero-order chi connectivity index (χ0) is 21.4. The molecule has 2 atom stereocenters. The molecule has 1 N–H and O–H groups in total. The molecule has 9 heteroatoms. The molecule has 1 saturated heterocycles. The molecule has 3 aromatic rings. The van der Waals surface area contributed by atoms with Gasteiger partial charge in [0, 0.05) is 77.8 Å². The monoisotopic (exact) mass is 411 g/mol. The van der Waals surface area contributed by atoms with Crippen LogP contribution in [0, 0.1) is 20.2 Å². The van der Waals surface area contributed by atoms with Crippen LogP contribution in [0.2, 0.25) is 0 Å². The fourth-order valence-corrected chi connectivity index (χ4v) is 4.62. The molecule has 0 aliphatic carbocycles. The van der Waals surface area contributed by atoms with Gasteiger partial charge in [-0.05, 0) is 38.9 Å². The minimum absolute atomic E-state index is 0.0168. The highest BCUT2D eigenvalue weighted by molar-refractivity contribution is 6.09. The van der Waals surface area contributed by atoms with Crippen LogP contribution in [0.3, 0.4) is 0 Å². The van der Waals surface area contributed by atoms with E-state index < -0.39 is 9.85 Å². The Labute approximate surface area is 173 Å². The van der Waals surface area contributed by atoms with Gasteiger partial charge in [-0.2, -0.15) is 0 Å². The zero-order valence-electron chi connectivity index (χ0n) is 17.1. The van der Waals surface area contributed by atoms with E-state index in [0.717, 1.165) is 43.6 Å². The molecule has 0 unspecified atom stereocenters. The number of aromatic nitrogens is 1. The van der Waals surface area contributed by atoms with E-state index in [2.05, 4.69) is 28.6 Å². The van der Waals surface area contributed by atoms with Crippen molar-refractivity contribution >= 4 is 33.2 Å². The molecule has 0 saturated carbocycles. The SMILES string of the molecule is C[C@@H]1CN(CCCn2c3ccc([N+](=O)[O-])cc3c3cc([N+](=O)[O-])ccc32)C[C@@H](C)N1. The number of piperazine rings is 1. The molecule has 9 nitrogen and oxygen atoms in total. The van der Waals surface area contributed by atoms with Crippen molar-refractivity contribution in [2.45, 2.75) is 38.9 Å². The highest BCUT2D eigenvalue weighted by atomic mass is 16.6. The molecule has 30 heavy (non-hydrogen) atoms. The third-order valence-corrected chi connectivity index (χ3v) is 5.74. The maximum absolute atomic E-state index is 11.2. The van der Waals surface area contributed by atoms with E-state index in [4.69, 9.17) is 0 Å². The Hall–Kier alpha value is -3.04. The van der Waals surface area contributed by atoms with Crippen LogP contribution >= 0.6 is 0 Å². The summed E-state index contributed by atoms with van der Waals surface area (Å²) in [5, 5.41) is 27.4. The number of hydrogen-bond donors (Lipinski definition) is 1. The minimum atomic E-state index is -0.438. The molecule has 2 aromatic carbocycles. The van der Waals surface area contributed by atoms with E-state index in [9.17, 15) is 20.2 Å². The lowest BCUT2D eigenvalue weighted by Crippen LogP contribution is -2.54. The second kappa shape index (κ2) is 8.00. The molecule has 158 valence electrons. The lowest BCUT2D eigenvalue weighted by atomic mass is 10.1. The summed E-state index contributed by atoms with van der Waals surface area (Å²) in [5.74, 6) is 0. The van der Waals surface area contributed by atoms with E-state index in [-0.39, 0.29) is 11.4 Å². The fraction of sp³-hybridized carbons (Fsp3) is 0.429. The third kappa shape index (κ3) is 3.86. The number of non-ortho nitro benzene ring substituents is 2.